The number of hydrogen-bond acceptors (Lipinski definition) is 4. The predicted molar refractivity (Wildman–Crippen MR) is 91.9 cm³/mol. The zero-order chi connectivity index (χ0) is 17.8. The normalized spacial score (nSPS) is 15.1. The number of hydrogen-bond donors (Lipinski definition) is 2. The lowest BCUT2D eigenvalue weighted by Gasteiger charge is -2.22. The van der Waals surface area contributed by atoms with E-state index in [0.29, 0.717) is 18.8 Å². The molecule has 2 N–H and O–H groups in total. The Labute approximate surface area is 149 Å². The van der Waals surface area contributed by atoms with Gasteiger partial charge in [0.25, 0.3) is 5.91 Å². The minimum absolute atomic E-state index is 0.00956. The standard InChI is InChI=1S/C17H18ClFN4O2/c18-16-13(9-20)15(17(24)21-12-5-7-25-8-6-12)22-23(16)10-11-3-1-2-4-14(11)19/h1-4,9,12,20H,5-8,10H2,(H,21,24). The summed E-state index contributed by atoms with van der Waals surface area (Å²) in [6.45, 7) is 1.28. The highest BCUT2D eigenvalue weighted by atomic mass is 35.5. The number of nitrogens with zero attached hydrogens (tertiary/aromatic N) is 2. The van der Waals surface area contributed by atoms with Gasteiger partial charge in [-0.25, -0.2) is 9.07 Å². The van der Waals surface area contributed by atoms with Crippen molar-refractivity contribution in [2.75, 3.05) is 13.2 Å². The molecule has 0 bridgehead atoms. The molecule has 2 heterocycles. The van der Waals surface area contributed by atoms with Crippen molar-refractivity contribution in [1.82, 2.24) is 15.1 Å². The topological polar surface area (TPSA) is 80.0 Å². The van der Waals surface area contributed by atoms with Gasteiger partial charge in [-0.05, 0) is 18.9 Å². The van der Waals surface area contributed by atoms with Gasteiger partial charge < -0.3 is 15.5 Å². The minimum atomic E-state index is -0.389. The van der Waals surface area contributed by atoms with Crippen LogP contribution < -0.4 is 5.32 Å². The SMILES string of the molecule is N=Cc1c(C(=O)NC2CCOCC2)nn(Cc2ccccc2F)c1Cl. The Morgan fingerprint density at radius 2 is 2.16 bits per heavy atom. The number of halogens is 2. The third-order valence-corrected chi connectivity index (χ3v) is 4.52. The first kappa shape index (κ1) is 17.6. The molecule has 0 atom stereocenters. The van der Waals surface area contributed by atoms with E-state index >= 15 is 0 Å². The number of carbonyl (C=O) groups excluding carboxylic acids is 1. The Balaban J connectivity index is 1.83. The highest BCUT2D eigenvalue weighted by Gasteiger charge is 2.24. The summed E-state index contributed by atoms with van der Waals surface area (Å²) in [5, 5.41) is 14.8. The zero-order valence-corrected chi connectivity index (χ0v) is 14.2. The molecular weight excluding hydrogens is 347 g/mol. The number of rotatable bonds is 5. The van der Waals surface area contributed by atoms with Crippen LogP contribution in [-0.2, 0) is 11.3 Å². The van der Waals surface area contributed by atoms with Crippen molar-refractivity contribution >= 4 is 23.7 Å². The number of aromatic nitrogens is 2. The molecule has 1 aromatic heterocycles. The van der Waals surface area contributed by atoms with Crippen LogP contribution in [0.3, 0.4) is 0 Å². The van der Waals surface area contributed by atoms with Crippen molar-refractivity contribution in [1.29, 1.82) is 5.41 Å². The molecule has 0 radical (unpaired) electrons. The lowest BCUT2D eigenvalue weighted by Crippen LogP contribution is -2.39. The van der Waals surface area contributed by atoms with Gasteiger partial charge in [-0.15, -0.1) is 0 Å². The lowest BCUT2D eigenvalue weighted by molar-refractivity contribution is 0.0693. The molecule has 0 aliphatic carbocycles. The smallest absolute Gasteiger partial charge is 0.272 e. The Morgan fingerprint density at radius 1 is 1.44 bits per heavy atom. The summed E-state index contributed by atoms with van der Waals surface area (Å²) >= 11 is 6.25. The largest absolute Gasteiger partial charge is 0.381 e. The maximum atomic E-state index is 13.8. The van der Waals surface area contributed by atoms with Gasteiger partial charge in [0.1, 0.15) is 11.0 Å². The molecule has 1 aromatic carbocycles. The molecule has 2 aromatic rings. The van der Waals surface area contributed by atoms with Gasteiger partial charge in [0.2, 0.25) is 0 Å². The summed E-state index contributed by atoms with van der Waals surface area (Å²) in [4.78, 5) is 12.5. The van der Waals surface area contributed by atoms with Gasteiger partial charge in [0.15, 0.2) is 5.69 Å². The van der Waals surface area contributed by atoms with E-state index in [4.69, 9.17) is 21.7 Å². The van der Waals surface area contributed by atoms with Gasteiger partial charge >= 0.3 is 0 Å². The Bertz CT molecular complexity index is 787. The van der Waals surface area contributed by atoms with E-state index < -0.39 is 0 Å². The van der Waals surface area contributed by atoms with Crippen molar-refractivity contribution < 1.29 is 13.9 Å². The second kappa shape index (κ2) is 7.76. The average molecular weight is 365 g/mol. The zero-order valence-electron chi connectivity index (χ0n) is 13.5. The first-order valence-corrected chi connectivity index (χ1v) is 8.36. The van der Waals surface area contributed by atoms with E-state index in [9.17, 15) is 9.18 Å². The molecule has 132 valence electrons. The Hall–Kier alpha value is -2.25. The van der Waals surface area contributed by atoms with Crippen LogP contribution in [0.15, 0.2) is 24.3 Å². The van der Waals surface area contributed by atoms with E-state index in [2.05, 4.69) is 10.4 Å². The molecule has 1 amide bonds. The maximum absolute atomic E-state index is 13.8. The third-order valence-electron chi connectivity index (χ3n) is 4.12. The van der Waals surface area contributed by atoms with Crippen molar-refractivity contribution in [2.45, 2.75) is 25.4 Å². The van der Waals surface area contributed by atoms with Crippen LogP contribution >= 0.6 is 11.6 Å². The monoisotopic (exact) mass is 364 g/mol. The molecule has 0 spiro atoms. The maximum Gasteiger partial charge on any atom is 0.272 e. The van der Waals surface area contributed by atoms with Crippen LogP contribution in [0.5, 0.6) is 0 Å². The van der Waals surface area contributed by atoms with Crippen LogP contribution in [0.1, 0.15) is 34.5 Å². The summed E-state index contributed by atoms with van der Waals surface area (Å²) in [5.74, 6) is -0.765. The van der Waals surface area contributed by atoms with Crippen LogP contribution in [0.25, 0.3) is 0 Å². The van der Waals surface area contributed by atoms with Crippen molar-refractivity contribution in [3.05, 3.63) is 52.1 Å². The average Bonchev–Trinajstić information content (AvgIpc) is 2.94. The molecule has 3 rings (SSSR count). The summed E-state index contributed by atoms with van der Waals surface area (Å²) in [7, 11) is 0. The van der Waals surface area contributed by atoms with E-state index in [1.807, 2.05) is 0 Å². The molecule has 25 heavy (non-hydrogen) atoms. The summed E-state index contributed by atoms with van der Waals surface area (Å²) < 4.78 is 20.4. The molecule has 0 unspecified atom stereocenters. The number of nitrogens with one attached hydrogen (secondary N) is 2. The highest BCUT2D eigenvalue weighted by molar-refractivity contribution is 6.32. The first-order chi connectivity index (χ1) is 12.1. The fourth-order valence-corrected chi connectivity index (χ4v) is 2.98. The van der Waals surface area contributed by atoms with E-state index in [1.165, 1.54) is 10.7 Å². The molecule has 6 nitrogen and oxygen atoms in total. The molecule has 8 heteroatoms. The second-order valence-corrected chi connectivity index (χ2v) is 6.16. The molecule has 1 fully saturated rings. The number of carbonyl (C=O) groups is 1. The van der Waals surface area contributed by atoms with Gasteiger partial charge in [-0.3, -0.25) is 4.79 Å². The molecule has 1 saturated heterocycles. The lowest BCUT2D eigenvalue weighted by atomic mass is 10.1. The van der Waals surface area contributed by atoms with Crippen LogP contribution in [0, 0.1) is 11.2 Å². The quantitative estimate of drug-likeness (QED) is 0.800. The summed E-state index contributed by atoms with van der Waals surface area (Å²) in [6, 6.07) is 6.29. The van der Waals surface area contributed by atoms with Crippen LogP contribution in [-0.4, -0.2) is 41.2 Å². The number of amides is 1. The third kappa shape index (κ3) is 3.88. The first-order valence-electron chi connectivity index (χ1n) is 7.99. The Kier molecular flexibility index (Phi) is 5.45. The van der Waals surface area contributed by atoms with E-state index in [0.717, 1.165) is 19.1 Å². The van der Waals surface area contributed by atoms with Crippen molar-refractivity contribution in [3.63, 3.8) is 0 Å². The molecule has 0 saturated carbocycles. The fourth-order valence-electron chi connectivity index (χ4n) is 2.74. The summed E-state index contributed by atoms with van der Waals surface area (Å²) in [5.41, 5.74) is 0.699. The summed E-state index contributed by atoms with van der Waals surface area (Å²) in [6.07, 6.45) is 2.46. The molecular formula is C17H18ClFN4O2. The van der Waals surface area contributed by atoms with Gasteiger partial charge in [0.05, 0.1) is 12.1 Å². The fraction of sp³-hybridized carbons (Fsp3) is 0.353. The van der Waals surface area contributed by atoms with Crippen LogP contribution in [0.4, 0.5) is 4.39 Å². The van der Waals surface area contributed by atoms with Gasteiger partial charge in [0, 0.05) is 31.0 Å². The highest BCUT2D eigenvalue weighted by Crippen LogP contribution is 2.21. The molecule has 1 aliphatic rings. The van der Waals surface area contributed by atoms with Gasteiger partial charge in [-0.2, -0.15) is 5.10 Å². The van der Waals surface area contributed by atoms with Crippen LogP contribution in [0.2, 0.25) is 5.15 Å². The van der Waals surface area contributed by atoms with Crippen molar-refractivity contribution in [3.8, 4) is 0 Å². The van der Waals surface area contributed by atoms with Crippen molar-refractivity contribution in [2.24, 2.45) is 0 Å². The van der Waals surface area contributed by atoms with E-state index in [-0.39, 0.29) is 40.7 Å². The predicted octanol–water partition coefficient (Wildman–Crippen LogP) is 2.63. The number of ether oxygens (including phenoxy) is 1. The minimum Gasteiger partial charge on any atom is -0.381 e. The molecule has 1 aliphatic heterocycles. The van der Waals surface area contributed by atoms with Gasteiger partial charge in [-0.1, -0.05) is 29.8 Å². The van der Waals surface area contributed by atoms with E-state index in [1.54, 1.807) is 18.2 Å². The number of benzene rings is 1. The second-order valence-electron chi connectivity index (χ2n) is 5.81. The Morgan fingerprint density at radius 3 is 2.84 bits per heavy atom.